The van der Waals surface area contributed by atoms with Gasteiger partial charge in [-0.2, -0.15) is 0 Å². The van der Waals surface area contributed by atoms with E-state index in [0.717, 1.165) is 0 Å². The molecule has 2 aliphatic heterocycles. The number of nitrogens with one attached hydrogen (secondary N) is 1. The van der Waals surface area contributed by atoms with Crippen LogP contribution in [0.25, 0.3) is 0 Å². The summed E-state index contributed by atoms with van der Waals surface area (Å²) in [5.41, 5.74) is -1.37. The van der Waals surface area contributed by atoms with Gasteiger partial charge in [0.2, 0.25) is 0 Å². The van der Waals surface area contributed by atoms with Crippen LogP contribution in [0.3, 0.4) is 0 Å². The summed E-state index contributed by atoms with van der Waals surface area (Å²) >= 11 is 0. The van der Waals surface area contributed by atoms with Crippen LogP contribution in [-0.2, 0) is 18.9 Å². The number of rotatable bonds is 6. The predicted octanol–water partition coefficient (Wildman–Crippen LogP) is 1.51. The molecule has 2 aliphatic rings. The molecule has 2 fully saturated rings. The van der Waals surface area contributed by atoms with Crippen LogP contribution in [-0.4, -0.2) is 51.8 Å². The van der Waals surface area contributed by atoms with Crippen LogP contribution in [0.5, 0.6) is 0 Å². The molecular weight excluding hydrogens is 352 g/mol. The lowest BCUT2D eigenvalue weighted by molar-refractivity contribution is -0.250. The lowest BCUT2D eigenvalue weighted by Crippen LogP contribution is -2.57. The number of H-pyrrole nitrogens is 1. The second-order valence-electron chi connectivity index (χ2n) is 8.02. The molecule has 0 aromatic carbocycles. The predicted molar refractivity (Wildman–Crippen MR) is 98.9 cm³/mol. The quantitative estimate of drug-likeness (QED) is 0.802. The van der Waals surface area contributed by atoms with Gasteiger partial charge in [-0.25, -0.2) is 4.79 Å². The smallest absolute Gasteiger partial charge is 0.330 e. The van der Waals surface area contributed by atoms with Gasteiger partial charge in [-0.3, -0.25) is 14.3 Å². The largest absolute Gasteiger partial charge is 0.373 e. The summed E-state index contributed by atoms with van der Waals surface area (Å²) in [4.78, 5) is 26.5. The highest BCUT2D eigenvalue weighted by Gasteiger charge is 2.69. The molecule has 6 atom stereocenters. The van der Waals surface area contributed by atoms with E-state index >= 15 is 0 Å². The van der Waals surface area contributed by atoms with Crippen molar-refractivity contribution in [2.24, 2.45) is 0 Å². The van der Waals surface area contributed by atoms with Crippen LogP contribution in [0.1, 0.15) is 53.3 Å². The van der Waals surface area contributed by atoms with Crippen molar-refractivity contribution in [3.63, 3.8) is 0 Å². The SMILES string of the molecule is Cc1cn(C2OC3([C@H](C)OC(C)C)[C@H](C)O[C@@H]2[C@@H]3OC(C)C)c(=O)[nH]c1=O. The van der Waals surface area contributed by atoms with Gasteiger partial charge in [0, 0.05) is 11.8 Å². The molecular formula is C19H30N2O6. The molecule has 1 aromatic rings. The second-order valence-corrected chi connectivity index (χ2v) is 8.02. The van der Waals surface area contributed by atoms with E-state index in [4.69, 9.17) is 18.9 Å². The number of ether oxygens (including phenoxy) is 4. The normalized spacial score (nSPS) is 34.0. The van der Waals surface area contributed by atoms with E-state index in [-0.39, 0.29) is 24.4 Å². The van der Waals surface area contributed by atoms with Crippen LogP contribution >= 0.6 is 0 Å². The Morgan fingerprint density at radius 3 is 2.44 bits per heavy atom. The van der Waals surface area contributed by atoms with Gasteiger partial charge < -0.3 is 18.9 Å². The van der Waals surface area contributed by atoms with Crippen LogP contribution in [0, 0.1) is 6.92 Å². The van der Waals surface area contributed by atoms with Crippen molar-refractivity contribution < 1.29 is 18.9 Å². The van der Waals surface area contributed by atoms with E-state index in [1.54, 1.807) is 6.92 Å². The zero-order chi connectivity index (χ0) is 20.1. The van der Waals surface area contributed by atoms with Gasteiger partial charge >= 0.3 is 5.69 Å². The Bertz CT molecular complexity index is 800. The minimum Gasteiger partial charge on any atom is -0.373 e. The molecule has 2 saturated heterocycles. The number of fused-ring (bicyclic) bond motifs is 2. The maximum absolute atomic E-state index is 12.4. The minimum atomic E-state index is -0.854. The Balaban J connectivity index is 2.05. The topological polar surface area (TPSA) is 91.8 Å². The summed E-state index contributed by atoms with van der Waals surface area (Å²) in [5, 5.41) is 0. The van der Waals surface area contributed by atoms with Crippen LogP contribution in [0.4, 0.5) is 0 Å². The van der Waals surface area contributed by atoms with Gasteiger partial charge in [0.15, 0.2) is 11.8 Å². The van der Waals surface area contributed by atoms with Gasteiger partial charge in [-0.1, -0.05) is 0 Å². The Kier molecular flexibility index (Phi) is 5.37. The van der Waals surface area contributed by atoms with Gasteiger partial charge in [-0.15, -0.1) is 0 Å². The number of hydrogen-bond donors (Lipinski definition) is 1. The molecule has 8 nitrogen and oxygen atoms in total. The summed E-state index contributed by atoms with van der Waals surface area (Å²) < 4.78 is 26.3. The van der Waals surface area contributed by atoms with Gasteiger partial charge in [0.05, 0.1) is 24.4 Å². The zero-order valence-electron chi connectivity index (χ0n) is 17.0. The summed E-state index contributed by atoms with van der Waals surface area (Å²) in [6.07, 6.45) is -0.703. The van der Waals surface area contributed by atoms with Gasteiger partial charge in [0.25, 0.3) is 5.56 Å². The molecule has 27 heavy (non-hydrogen) atoms. The van der Waals surface area contributed by atoms with Crippen molar-refractivity contribution in [3.05, 3.63) is 32.6 Å². The summed E-state index contributed by atoms with van der Waals surface area (Å²) in [6, 6.07) is 0. The third kappa shape index (κ3) is 3.29. The van der Waals surface area contributed by atoms with Crippen LogP contribution in [0.2, 0.25) is 0 Å². The van der Waals surface area contributed by atoms with Crippen molar-refractivity contribution in [2.75, 3.05) is 0 Å². The minimum absolute atomic E-state index is 0.000946. The molecule has 152 valence electrons. The molecule has 0 aliphatic carbocycles. The number of aromatic amines is 1. The monoisotopic (exact) mass is 382 g/mol. The van der Waals surface area contributed by atoms with E-state index < -0.39 is 35.3 Å². The van der Waals surface area contributed by atoms with Crippen molar-refractivity contribution in [3.8, 4) is 0 Å². The summed E-state index contributed by atoms with van der Waals surface area (Å²) in [5.74, 6) is 0. The molecule has 0 radical (unpaired) electrons. The Morgan fingerprint density at radius 1 is 1.19 bits per heavy atom. The number of nitrogens with zero attached hydrogens (tertiary/aromatic N) is 1. The standard InChI is InChI=1S/C19H30N2O6/c1-9(2)24-12(6)19-13(7)26-14(15(19)25-10(3)4)17(27-19)21-8-11(5)16(22)20-18(21)23/h8-10,12-15,17H,1-7H3,(H,20,22,23)/t12-,13-,14+,15-,17?,19?/m0/s1. The molecule has 1 N–H and O–H groups in total. The van der Waals surface area contributed by atoms with E-state index in [2.05, 4.69) is 4.98 Å². The van der Waals surface area contributed by atoms with Crippen molar-refractivity contribution in [1.29, 1.82) is 0 Å². The van der Waals surface area contributed by atoms with Crippen LogP contribution < -0.4 is 11.2 Å². The third-order valence-corrected chi connectivity index (χ3v) is 5.30. The molecule has 1 aromatic heterocycles. The molecule has 2 unspecified atom stereocenters. The first-order valence-corrected chi connectivity index (χ1v) is 9.54. The Morgan fingerprint density at radius 2 is 1.85 bits per heavy atom. The molecule has 3 heterocycles. The maximum Gasteiger partial charge on any atom is 0.330 e. The van der Waals surface area contributed by atoms with Crippen molar-refractivity contribution in [2.45, 2.75) is 96.9 Å². The highest BCUT2D eigenvalue weighted by atomic mass is 16.7. The number of aromatic nitrogens is 2. The fraction of sp³-hybridized carbons (Fsp3) is 0.789. The van der Waals surface area contributed by atoms with Gasteiger partial charge in [-0.05, 0) is 48.5 Å². The molecule has 0 amide bonds. The summed E-state index contributed by atoms with van der Waals surface area (Å²) in [6.45, 7) is 13.4. The molecule has 2 bridgehead atoms. The molecule has 3 rings (SSSR count). The van der Waals surface area contributed by atoms with E-state index in [1.165, 1.54) is 10.8 Å². The second kappa shape index (κ2) is 7.16. The van der Waals surface area contributed by atoms with E-state index in [1.807, 2.05) is 41.5 Å². The highest BCUT2D eigenvalue weighted by molar-refractivity contribution is 5.15. The highest BCUT2D eigenvalue weighted by Crippen LogP contribution is 2.52. The average Bonchev–Trinajstić information content (AvgIpc) is 2.99. The van der Waals surface area contributed by atoms with Gasteiger partial charge in [0.1, 0.15) is 12.2 Å². The summed E-state index contributed by atoms with van der Waals surface area (Å²) in [7, 11) is 0. The van der Waals surface area contributed by atoms with E-state index in [9.17, 15) is 9.59 Å². The van der Waals surface area contributed by atoms with E-state index in [0.29, 0.717) is 5.56 Å². The lowest BCUT2D eigenvalue weighted by Gasteiger charge is -2.41. The Labute approximate surface area is 158 Å². The average molecular weight is 382 g/mol. The maximum atomic E-state index is 12.4. The third-order valence-electron chi connectivity index (χ3n) is 5.30. The first-order chi connectivity index (χ1) is 12.6. The molecule has 0 spiro atoms. The lowest BCUT2D eigenvalue weighted by atomic mass is 9.87. The first-order valence-electron chi connectivity index (χ1n) is 9.54. The molecule has 8 heteroatoms. The van der Waals surface area contributed by atoms with Crippen molar-refractivity contribution >= 4 is 0 Å². The Hall–Kier alpha value is -1.48. The zero-order valence-corrected chi connectivity index (χ0v) is 17.0. The number of aryl methyl sites for hydroxylation is 1. The first kappa shape index (κ1) is 20.3. The fourth-order valence-electron chi connectivity index (χ4n) is 4.20. The molecule has 0 saturated carbocycles. The van der Waals surface area contributed by atoms with Crippen LogP contribution in [0.15, 0.2) is 15.8 Å². The van der Waals surface area contributed by atoms with Crippen molar-refractivity contribution in [1.82, 2.24) is 9.55 Å². The fourth-order valence-corrected chi connectivity index (χ4v) is 4.20. The number of hydrogen-bond acceptors (Lipinski definition) is 6.